The van der Waals surface area contributed by atoms with E-state index >= 15 is 0 Å². The molecule has 0 heterocycles. The van der Waals surface area contributed by atoms with E-state index in [1.165, 1.54) is 7.05 Å². The normalized spacial score (nSPS) is 4.50. The second-order valence-corrected chi connectivity index (χ2v) is 2.94. The molecule has 0 aliphatic heterocycles. The molecule has 0 saturated carbocycles. The SMILES string of the molecule is C=C=C.C[NH-].[Cl][Ru][Cl]. The van der Waals surface area contributed by atoms with Crippen molar-refractivity contribution in [1.29, 1.82) is 0 Å². The van der Waals surface area contributed by atoms with E-state index in [0.29, 0.717) is 0 Å². The van der Waals surface area contributed by atoms with Crippen molar-refractivity contribution >= 4 is 19.4 Å². The first kappa shape index (κ1) is 15.9. The Morgan fingerprint density at radius 1 is 1.38 bits per heavy atom. The van der Waals surface area contributed by atoms with Crippen molar-refractivity contribution in [3.05, 3.63) is 24.6 Å². The van der Waals surface area contributed by atoms with Crippen molar-refractivity contribution in [2.75, 3.05) is 7.05 Å². The van der Waals surface area contributed by atoms with Gasteiger partial charge in [0.15, 0.2) is 0 Å². The van der Waals surface area contributed by atoms with Crippen LogP contribution in [0.4, 0.5) is 0 Å². The molecular formula is C4H8Cl2NRu-. The van der Waals surface area contributed by atoms with Gasteiger partial charge in [0.05, 0.1) is 0 Å². The molecule has 52 valence electrons. The maximum atomic E-state index is 5.75. The van der Waals surface area contributed by atoms with Gasteiger partial charge in [-0.25, -0.2) is 0 Å². The Hall–Kier alpha value is 0.683. The van der Waals surface area contributed by atoms with Crippen molar-refractivity contribution in [3.8, 4) is 0 Å². The van der Waals surface area contributed by atoms with Crippen LogP contribution in [0.3, 0.4) is 0 Å². The van der Waals surface area contributed by atoms with E-state index in [4.69, 9.17) is 25.1 Å². The summed E-state index contributed by atoms with van der Waals surface area (Å²) in [5, 5.41) is 0. The Labute approximate surface area is 66.2 Å². The Morgan fingerprint density at radius 3 is 1.38 bits per heavy atom. The quantitative estimate of drug-likeness (QED) is 0.460. The Bertz CT molecular complexity index is 43.3. The van der Waals surface area contributed by atoms with E-state index in [2.05, 4.69) is 18.9 Å². The van der Waals surface area contributed by atoms with Crippen LogP contribution in [0.25, 0.3) is 5.73 Å². The summed E-state index contributed by atoms with van der Waals surface area (Å²) in [6.07, 6.45) is 0. The Balaban J connectivity index is -0.0000000483. The molecular weight excluding hydrogens is 234 g/mol. The summed E-state index contributed by atoms with van der Waals surface area (Å²) in [7, 11) is 11.0. The van der Waals surface area contributed by atoms with E-state index < -0.39 is 0 Å². The third kappa shape index (κ3) is 462. The van der Waals surface area contributed by atoms with Crippen molar-refractivity contribution in [2.45, 2.75) is 0 Å². The first-order valence-electron chi connectivity index (χ1n) is 1.47. The monoisotopic (exact) mass is 242 g/mol. The van der Waals surface area contributed by atoms with Gasteiger partial charge in [-0.2, -0.15) is 7.05 Å². The number of hydrogen-bond donors (Lipinski definition) is 0. The van der Waals surface area contributed by atoms with Crippen molar-refractivity contribution in [3.63, 3.8) is 0 Å². The average Bonchev–Trinajstić information content (AvgIpc) is 1.75. The van der Waals surface area contributed by atoms with Gasteiger partial charge in [-0.3, -0.25) is 0 Å². The standard InChI is InChI=1S/C3H4.CH4N.2ClH.Ru/c1-3-2;1-2;;;/h1-2H2;2H,1H3;2*1H;/q;-1;;;+2/p-2. The van der Waals surface area contributed by atoms with E-state index in [-0.39, 0.29) is 15.1 Å². The van der Waals surface area contributed by atoms with E-state index in [0.717, 1.165) is 0 Å². The summed E-state index contributed by atoms with van der Waals surface area (Å²) in [4.78, 5) is 0. The molecule has 0 amide bonds. The van der Waals surface area contributed by atoms with Crippen LogP contribution in [-0.2, 0) is 15.1 Å². The molecule has 0 aliphatic carbocycles. The maximum absolute atomic E-state index is 5.75. The summed E-state index contributed by atoms with van der Waals surface area (Å²) in [5.74, 6) is 0. The van der Waals surface area contributed by atoms with Crippen LogP contribution in [-0.4, -0.2) is 7.05 Å². The predicted octanol–water partition coefficient (Wildman–Crippen LogP) is 3.00. The van der Waals surface area contributed by atoms with Crippen LogP contribution in [0, 0.1) is 0 Å². The zero-order valence-corrected chi connectivity index (χ0v) is 7.77. The fourth-order valence-corrected chi connectivity index (χ4v) is 0. The van der Waals surface area contributed by atoms with Crippen LogP contribution in [0.1, 0.15) is 0 Å². The molecule has 0 radical (unpaired) electrons. The van der Waals surface area contributed by atoms with Gasteiger partial charge >= 0.3 is 34.5 Å². The van der Waals surface area contributed by atoms with Gasteiger partial charge in [-0.1, -0.05) is 13.2 Å². The molecule has 4 heteroatoms. The van der Waals surface area contributed by atoms with Crippen LogP contribution < -0.4 is 0 Å². The van der Waals surface area contributed by atoms with Crippen molar-refractivity contribution in [1.82, 2.24) is 0 Å². The van der Waals surface area contributed by atoms with Crippen molar-refractivity contribution in [2.24, 2.45) is 0 Å². The van der Waals surface area contributed by atoms with Gasteiger partial charge in [-0.15, -0.1) is 5.73 Å². The molecule has 1 N–H and O–H groups in total. The molecule has 1 nitrogen and oxygen atoms in total. The molecule has 0 aromatic rings. The Kier molecular flexibility index (Phi) is 94.6. The molecule has 0 bridgehead atoms. The van der Waals surface area contributed by atoms with Gasteiger partial charge < -0.3 is 5.73 Å². The third-order valence-corrected chi connectivity index (χ3v) is 0. The number of halogens is 2. The first-order valence-corrected chi connectivity index (χ1v) is 5.95. The molecule has 0 rings (SSSR count). The molecule has 0 unspecified atom stereocenters. The molecule has 0 spiro atoms. The molecule has 0 saturated heterocycles. The van der Waals surface area contributed by atoms with Gasteiger partial charge in [0.1, 0.15) is 0 Å². The summed E-state index contributed by atoms with van der Waals surface area (Å²) in [5.41, 5.74) is 8.00. The average molecular weight is 242 g/mol. The molecule has 0 aromatic carbocycles. The van der Waals surface area contributed by atoms with Crippen LogP contribution in [0.15, 0.2) is 18.9 Å². The van der Waals surface area contributed by atoms with Gasteiger partial charge in [0, 0.05) is 0 Å². The van der Waals surface area contributed by atoms with Crippen LogP contribution in [0.2, 0.25) is 0 Å². The van der Waals surface area contributed by atoms with Crippen LogP contribution in [0.5, 0.6) is 0 Å². The number of rotatable bonds is 0. The number of hydrogen-bond acceptors (Lipinski definition) is 0. The zero-order valence-electron chi connectivity index (χ0n) is 4.52. The summed E-state index contributed by atoms with van der Waals surface area (Å²) < 4.78 is 0. The van der Waals surface area contributed by atoms with Crippen molar-refractivity contribution < 1.29 is 15.1 Å². The summed E-state index contributed by atoms with van der Waals surface area (Å²) in [6, 6.07) is 0. The molecule has 0 aliphatic rings. The fourth-order valence-electron chi connectivity index (χ4n) is 0. The fraction of sp³-hybridized carbons (Fsp3) is 0.250. The first-order chi connectivity index (χ1) is 3.83. The van der Waals surface area contributed by atoms with Gasteiger partial charge in [0.2, 0.25) is 0 Å². The summed E-state index contributed by atoms with van der Waals surface area (Å²) >= 11 is -0.346. The minimum absolute atomic E-state index is 0.346. The van der Waals surface area contributed by atoms with Crippen LogP contribution >= 0.6 is 19.4 Å². The third-order valence-electron chi connectivity index (χ3n) is 0. The predicted molar refractivity (Wildman–Crippen MR) is 36.7 cm³/mol. The molecule has 8 heavy (non-hydrogen) atoms. The molecule has 0 atom stereocenters. The number of nitrogens with one attached hydrogen (secondary N) is 1. The van der Waals surface area contributed by atoms with Gasteiger partial charge in [-0.05, 0) is 0 Å². The minimum atomic E-state index is -0.346. The van der Waals surface area contributed by atoms with E-state index in [1.807, 2.05) is 0 Å². The Morgan fingerprint density at radius 2 is 1.38 bits per heavy atom. The molecule has 0 aromatic heterocycles. The van der Waals surface area contributed by atoms with Gasteiger partial charge in [0.25, 0.3) is 0 Å². The summed E-state index contributed by atoms with van der Waals surface area (Å²) in [6.45, 7) is 6.25. The topological polar surface area (TPSA) is 23.8 Å². The van der Waals surface area contributed by atoms with E-state index in [1.54, 1.807) is 0 Å². The molecule has 0 fully saturated rings. The van der Waals surface area contributed by atoms with E-state index in [9.17, 15) is 0 Å². The second-order valence-electron chi connectivity index (χ2n) is 0.301. The second kappa shape index (κ2) is 47.7. The zero-order chi connectivity index (χ0) is 7.41.